The van der Waals surface area contributed by atoms with Gasteiger partial charge in [0.15, 0.2) is 0 Å². The number of nitrogens with one attached hydrogen (secondary N) is 1. The minimum Gasteiger partial charge on any atom is -0.341 e. The van der Waals surface area contributed by atoms with Crippen molar-refractivity contribution in [2.45, 2.75) is 32.6 Å². The molecule has 2 aromatic rings. The van der Waals surface area contributed by atoms with Gasteiger partial charge in [-0.2, -0.15) is 4.98 Å². The van der Waals surface area contributed by atoms with Crippen LogP contribution in [0.5, 0.6) is 0 Å². The van der Waals surface area contributed by atoms with Crippen LogP contribution in [0.1, 0.15) is 31.4 Å². The van der Waals surface area contributed by atoms with E-state index in [2.05, 4.69) is 20.2 Å². The molecule has 1 aromatic carbocycles. The molecule has 1 N–H and O–H groups in total. The van der Waals surface area contributed by atoms with Crippen molar-refractivity contribution in [3.05, 3.63) is 40.8 Å². The van der Waals surface area contributed by atoms with Gasteiger partial charge in [-0.1, -0.05) is 24.4 Å². The average molecular weight is 335 g/mol. The maximum Gasteiger partial charge on any atom is 0.227 e. The number of rotatable bonds is 3. The summed E-state index contributed by atoms with van der Waals surface area (Å²) in [5, 5.41) is 3.27. The SMILES string of the molecule is Cc1cc(Nc2ccc(F)c(Cl)c2)nc(N2CCCCCC2)n1. The fraction of sp³-hybridized carbons (Fsp3) is 0.412. The molecule has 0 unspecified atom stereocenters. The van der Waals surface area contributed by atoms with Crippen molar-refractivity contribution in [1.82, 2.24) is 9.97 Å². The zero-order chi connectivity index (χ0) is 16.2. The lowest BCUT2D eigenvalue weighted by atomic mass is 10.2. The van der Waals surface area contributed by atoms with E-state index >= 15 is 0 Å². The van der Waals surface area contributed by atoms with Crippen LogP contribution < -0.4 is 10.2 Å². The fourth-order valence-electron chi connectivity index (χ4n) is 2.75. The summed E-state index contributed by atoms with van der Waals surface area (Å²) in [6.45, 7) is 3.93. The summed E-state index contributed by atoms with van der Waals surface area (Å²) in [5.74, 6) is 1.02. The maximum atomic E-state index is 13.3. The summed E-state index contributed by atoms with van der Waals surface area (Å²) in [7, 11) is 0. The van der Waals surface area contributed by atoms with Gasteiger partial charge in [0.25, 0.3) is 0 Å². The molecule has 0 saturated carbocycles. The van der Waals surface area contributed by atoms with E-state index in [4.69, 9.17) is 11.6 Å². The molecule has 1 saturated heterocycles. The summed E-state index contributed by atoms with van der Waals surface area (Å²) >= 11 is 5.83. The van der Waals surface area contributed by atoms with Gasteiger partial charge in [0.05, 0.1) is 5.02 Å². The molecule has 0 atom stereocenters. The van der Waals surface area contributed by atoms with Gasteiger partial charge in [-0.15, -0.1) is 0 Å². The molecule has 4 nitrogen and oxygen atoms in total. The molecular formula is C17H20ClFN4. The van der Waals surface area contributed by atoms with E-state index < -0.39 is 5.82 Å². The second-order valence-electron chi connectivity index (χ2n) is 5.85. The Morgan fingerprint density at radius 2 is 1.83 bits per heavy atom. The Bertz CT molecular complexity index is 684. The monoisotopic (exact) mass is 334 g/mol. The van der Waals surface area contributed by atoms with E-state index in [0.29, 0.717) is 11.5 Å². The molecule has 1 fully saturated rings. The van der Waals surface area contributed by atoms with Crippen LogP contribution in [0, 0.1) is 12.7 Å². The van der Waals surface area contributed by atoms with Gasteiger partial charge in [0.2, 0.25) is 5.95 Å². The molecule has 6 heteroatoms. The smallest absolute Gasteiger partial charge is 0.227 e. The lowest BCUT2D eigenvalue weighted by Gasteiger charge is -2.21. The molecule has 0 radical (unpaired) electrons. The minimum absolute atomic E-state index is 0.0912. The molecule has 122 valence electrons. The summed E-state index contributed by atoms with van der Waals surface area (Å²) in [6.07, 6.45) is 4.88. The van der Waals surface area contributed by atoms with Crippen LogP contribution in [0.2, 0.25) is 5.02 Å². The molecule has 0 amide bonds. The van der Waals surface area contributed by atoms with Crippen molar-refractivity contribution in [3.63, 3.8) is 0 Å². The number of aryl methyl sites for hydroxylation is 1. The Balaban J connectivity index is 1.83. The molecule has 0 spiro atoms. The number of benzene rings is 1. The predicted octanol–water partition coefficient (Wildman–Crippen LogP) is 4.70. The fourth-order valence-corrected chi connectivity index (χ4v) is 2.93. The summed E-state index contributed by atoms with van der Waals surface area (Å²) in [5.41, 5.74) is 1.60. The number of halogens is 2. The maximum absolute atomic E-state index is 13.3. The third kappa shape index (κ3) is 4.10. The van der Waals surface area contributed by atoms with Crippen LogP contribution in [-0.2, 0) is 0 Å². The lowest BCUT2D eigenvalue weighted by molar-refractivity contribution is 0.628. The van der Waals surface area contributed by atoms with Crippen LogP contribution in [0.25, 0.3) is 0 Å². The van der Waals surface area contributed by atoms with Gasteiger partial charge in [-0.25, -0.2) is 9.37 Å². The van der Waals surface area contributed by atoms with E-state index in [1.54, 1.807) is 12.1 Å². The molecule has 3 rings (SSSR count). The standard InChI is InChI=1S/C17H20ClFN4/c1-12-10-16(21-13-6-7-15(19)14(18)11-13)22-17(20-12)23-8-4-2-3-5-9-23/h6-7,10-11H,2-5,8-9H2,1H3,(H,20,21,22). The molecular weight excluding hydrogens is 315 g/mol. The van der Waals surface area contributed by atoms with Crippen LogP contribution in [0.3, 0.4) is 0 Å². The number of anilines is 3. The van der Waals surface area contributed by atoms with Crippen molar-refractivity contribution in [1.29, 1.82) is 0 Å². The second-order valence-corrected chi connectivity index (χ2v) is 6.26. The van der Waals surface area contributed by atoms with E-state index in [-0.39, 0.29) is 5.02 Å². The first-order valence-electron chi connectivity index (χ1n) is 7.94. The average Bonchev–Trinajstić information content (AvgIpc) is 2.80. The molecule has 0 aliphatic carbocycles. The lowest BCUT2D eigenvalue weighted by Crippen LogP contribution is -2.26. The Morgan fingerprint density at radius 3 is 2.52 bits per heavy atom. The minimum atomic E-state index is -0.429. The quantitative estimate of drug-likeness (QED) is 0.883. The van der Waals surface area contributed by atoms with Crippen molar-refractivity contribution in [3.8, 4) is 0 Å². The number of aromatic nitrogens is 2. The van der Waals surface area contributed by atoms with Crippen molar-refractivity contribution in [2.75, 3.05) is 23.3 Å². The summed E-state index contributed by atoms with van der Waals surface area (Å²) in [4.78, 5) is 11.4. The van der Waals surface area contributed by atoms with Gasteiger partial charge in [0.1, 0.15) is 11.6 Å². The highest BCUT2D eigenvalue weighted by atomic mass is 35.5. The van der Waals surface area contributed by atoms with E-state index in [9.17, 15) is 4.39 Å². The highest BCUT2D eigenvalue weighted by Crippen LogP contribution is 2.24. The zero-order valence-electron chi connectivity index (χ0n) is 13.1. The molecule has 1 aromatic heterocycles. The number of hydrogen-bond donors (Lipinski definition) is 1. The van der Waals surface area contributed by atoms with E-state index in [0.717, 1.165) is 24.7 Å². The van der Waals surface area contributed by atoms with Crippen LogP contribution in [0.15, 0.2) is 24.3 Å². The van der Waals surface area contributed by atoms with Crippen molar-refractivity contribution >= 4 is 29.1 Å². The molecule has 1 aliphatic rings. The van der Waals surface area contributed by atoms with Gasteiger partial charge in [0, 0.05) is 30.5 Å². The van der Waals surface area contributed by atoms with Gasteiger partial charge in [-0.3, -0.25) is 0 Å². The predicted molar refractivity (Wildman–Crippen MR) is 92.1 cm³/mol. The Kier molecular flexibility index (Phi) is 4.96. The third-order valence-electron chi connectivity index (χ3n) is 3.92. The van der Waals surface area contributed by atoms with Crippen LogP contribution >= 0.6 is 11.6 Å². The molecule has 2 heterocycles. The summed E-state index contributed by atoms with van der Waals surface area (Å²) < 4.78 is 13.3. The largest absolute Gasteiger partial charge is 0.341 e. The number of hydrogen-bond acceptors (Lipinski definition) is 4. The third-order valence-corrected chi connectivity index (χ3v) is 4.21. The van der Waals surface area contributed by atoms with Crippen LogP contribution in [0.4, 0.5) is 21.8 Å². The highest BCUT2D eigenvalue weighted by Gasteiger charge is 2.14. The zero-order valence-corrected chi connectivity index (χ0v) is 13.9. The Morgan fingerprint density at radius 1 is 1.09 bits per heavy atom. The summed E-state index contributed by atoms with van der Waals surface area (Å²) in [6, 6.07) is 6.41. The molecule has 23 heavy (non-hydrogen) atoms. The Hall–Kier alpha value is -1.88. The Labute approximate surface area is 140 Å². The first-order chi connectivity index (χ1) is 11.1. The van der Waals surface area contributed by atoms with Gasteiger partial charge < -0.3 is 10.2 Å². The van der Waals surface area contributed by atoms with Gasteiger partial charge >= 0.3 is 0 Å². The van der Waals surface area contributed by atoms with Crippen LogP contribution in [-0.4, -0.2) is 23.1 Å². The van der Waals surface area contributed by atoms with Crippen molar-refractivity contribution in [2.24, 2.45) is 0 Å². The first-order valence-corrected chi connectivity index (χ1v) is 8.32. The molecule has 1 aliphatic heterocycles. The normalized spacial score (nSPS) is 15.3. The topological polar surface area (TPSA) is 41.1 Å². The molecule has 0 bridgehead atoms. The van der Waals surface area contributed by atoms with Gasteiger partial charge in [-0.05, 0) is 38.0 Å². The first kappa shape index (κ1) is 16.0. The highest BCUT2D eigenvalue weighted by molar-refractivity contribution is 6.31. The van der Waals surface area contributed by atoms with Crippen molar-refractivity contribution < 1.29 is 4.39 Å². The number of nitrogens with zero attached hydrogens (tertiary/aromatic N) is 3. The van der Waals surface area contributed by atoms with E-state index in [1.807, 2.05) is 13.0 Å². The second kappa shape index (κ2) is 7.13. The van der Waals surface area contributed by atoms with E-state index in [1.165, 1.54) is 31.7 Å².